The van der Waals surface area contributed by atoms with Crippen LogP contribution in [0, 0.1) is 0 Å². The van der Waals surface area contributed by atoms with Gasteiger partial charge in [0.2, 0.25) is 5.91 Å². The number of hydrogen-bond acceptors (Lipinski definition) is 3. The monoisotopic (exact) mass is 183 g/mol. The Balaban J connectivity index is 0. The molecule has 1 heterocycles. The van der Waals surface area contributed by atoms with Gasteiger partial charge in [-0.25, -0.2) is 0 Å². The van der Waals surface area contributed by atoms with Crippen molar-refractivity contribution in [2.45, 2.75) is 25.0 Å². The fourth-order valence-electron chi connectivity index (χ4n) is 0.845. The van der Waals surface area contributed by atoms with E-state index in [4.69, 9.17) is 0 Å². The predicted molar refractivity (Wildman–Crippen MR) is 40.9 cm³/mol. The second-order valence-corrected chi connectivity index (χ2v) is 3.35. The second kappa shape index (κ2) is 5.19. The molecule has 0 saturated carbocycles. The van der Waals surface area contributed by atoms with Crippen LogP contribution >= 0.6 is 11.8 Å². The largest absolute Gasteiger partial charge is 1.00 e. The zero-order valence-electron chi connectivity index (χ0n) is 7.72. The number of hydrogen-bond donors (Lipinski definition) is 1. The Morgan fingerprint density at radius 1 is 1.64 bits per heavy atom. The SMILES string of the molecule is CCCC1SC(=O)NC1=O.[H-].[Na+]. The zero-order valence-corrected chi connectivity index (χ0v) is 9.53. The number of carbonyl (C=O) groups excluding carboxylic acids is 2. The summed E-state index contributed by atoms with van der Waals surface area (Å²) >= 11 is 1.10. The van der Waals surface area contributed by atoms with Crippen molar-refractivity contribution < 1.29 is 40.6 Å². The molecule has 0 aromatic carbocycles. The molecule has 0 aliphatic carbocycles. The third-order valence-corrected chi connectivity index (χ3v) is 2.37. The summed E-state index contributed by atoms with van der Waals surface area (Å²) in [5, 5.41) is 1.90. The van der Waals surface area contributed by atoms with Crippen LogP contribution in [0.1, 0.15) is 21.2 Å². The van der Waals surface area contributed by atoms with E-state index < -0.39 is 0 Å². The minimum atomic E-state index is -0.205. The number of imide groups is 1. The van der Waals surface area contributed by atoms with Crippen molar-refractivity contribution in [3.63, 3.8) is 0 Å². The summed E-state index contributed by atoms with van der Waals surface area (Å²) in [6.45, 7) is 2.00. The van der Waals surface area contributed by atoms with Crippen molar-refractivity contribution in [1.29, 1.82) is 0 Å². The maximum Gasteiger partial charge on any atom is 1.00 e. The smallest absolute Gasteiger partial charge is 1.00 e. The molecule has 1 rings (SSSR count). The van der Waals surface area contributed by atoms with Crippen LogP contribution < -0.4 is 34.9 Å². The van der Waals surface area contributed by atoms with Gasteiger partial charge < -0.3 is 1.43 Å². The van der Waals surface area contributed by atoms with Crippen molar-refractivity contribution in [3.8, 4) is 0 Å². The molecule has 11 heavy (non-hydrogen) atoms. The molecule has 1 aliphatic heterocycles. The Morgan fingerprint density at radius 2 is 2.27 bits per heavy atom. The van der Waals surface area contributed by atoms with Crippen LogP contribution in [0.25, 0.3) is 0 Å². The third-order valence-electron chi connectivity index (χ3n) is 1.32. The minimum absolute atomic E-state index is 0. The molecule has 1 saturated heterocycles. The molecule has 0 aromatic rings. The van der Waals surface area contributed by atoms with E-state index in [-0.39, 0.29) is 47.4 Å². The van der Waals surface area contributed by atoms with Gasteiger partial charge in [0.25, 0.3) is 5.24 Å². The van der Waals surface area contributed by atoms with Crippen molar-refractivity contribution in [1.82, 2.24) is 5.32 Å². The van der Waals surface area contributed by atoms with Crippen LogP contribution in [-0.4, -0.2) is 16.4 Å². The molecule has 1 atom stereocenters. The van der Waals surface area contributed by atoms with Gasteiger partial charge in [-0.15, -0.1) is 0 Å². The van der Waals surface area contributed by atoms with Gasteiger partial charge in [-0.2, -0.15) is 0 Å². The van der Waals surface area contributed by atoms with Gasteiger partial charge in [-0.3, -0.25) is 14.9 Å². The summed E-state index contributed by atoms with van der Waals surface area (Å²) in [4.78, 5) is 21.4. The first-order valence-electron chi connectivity index (χ1n) is 3.25. The standard InChI is InChI=1S/C6H9NO2S.Na.H/c1-2-3-4-5(8)7-6(9)10-4;;/h4H,2-3H2,1H3,(H,7,8,9);;/q;+1;-1. The molecule has 0 radical (unpaired) electrons. The molecule has 58 valence electrons. The van der Waals surface area contributed by atoms with E-state index in [1.54, 1.807) is 0 Å². The van der Waals surface area contributed by atoms with Gasteiger partial charge in [0.15, 0.2) is 0 Å². The van der Waals surface area contributed by atoms with Crippen LogP contribution in [0.4, 0.5) is 4.79 Å². The molecule has 0 aromatic heterocycles. The van der Waals surface area contributed by atoms with E-state index in [0.29, 0.717) is 0 Å². The maximum absolute atomic E-state index is 10.8. The molecule has 3 nitrogen and oxygen atoms in total. The Labute approximate surface area is 93.5 Å². The number of carbonyl (C=O) groups is 2. The van der Waals surface area contributed by atoms with E-state index in [1.807, 2.05) is 6.92 Å². The Hall–Kier alpha value is 0.490. The van der Waals surface area contributed by atoms with Crippen LogP contribution in [0.5, 0.6) is 0 Å². The predicted octanol–water partition coefficient (Wildman–Crippen LogP) is -1.75. The molecule has 1 unspecified atom stereocenters. The van der Waals surface area contributed by atoms with E-state index >= 15 is 0 Å². The second-order valence-electron chi connectivity index (χ2n) is 2.17. The molecule has 0 spiro atoms. The van der Waals surface area contributed by atoms with E-state index in [0.717, 1.165) is 24.6 Å². The summed E-state index contributed by atoms with van der Waals surface area (Å²) < 4.78 is 0. The molecule has 0 bridgehead atoms. The normalized spacial score (nSPS) is 22.8. The Bertz CT molecular complexity index is 179. The number of amides is 2. The van der Waals surface area contributed by atoms with Crippen LogP contribution in [0.15, 0.2) is 0 Å². The van der Waals surface area contributed by atoms with Gasteiger partial charge in [0.05, 0.1) is 5.25 Å². The Morgan fingerprint density at radius 3 is 2.64 bits per heavy atom. The minimum Gasteiger partial charge on any atom is -1.00 e. The summed E-state index contributed by atoms with van der Waals surface area (Å²) in [5.41, 5.74) is 0. The van der Waals surface area contributed by atoms with Gasteiger partial charge in [-0.05, 0) is 6.42 Å². The van der Waals surface area contributed by atoms with E-state index in [9.17, 15) is 9.59 Å². The van der Waals surface area contributed by atoms with Crippen LogP contribution in [-0.2, 0) is 4.79 Å². The summed E-state index contributed by atoms with van der Waals surface area (Å²) in [5.74, 6) is -0.128. The van der Waals surface area contributed by atoms with Gasteiger partial charge >= 0.3 is 29.6 Å². The first-order chi connectivity index (χ1) is 4.74. The molecular formula is C6H10NNaO2S. The van der Waals surface area contributed by atoms with Gasteiger partial charge in [0.1, 0.15) is 0 Å². The Kier molecular flexibility index (Phi) is 5.42. The van der Waals surface area contributed by atoms with Gasteiger partial charge in [0, 0.05) is 0 Å². The van der Waals surface area contributed by atoms with Crippen molar-refractivity contribution in [2.24, 2.45) is 0 Å². The quantitative estimate of drug-likeness (QED) is 0.517. The molecule has 1 aliphatic rings. The van der Waals surface area contributed by atoms with Crippen LogP contribution in [0.2, 0.25) is 0 Å². The van der Waals surface area contributed by atoms with E-state index in [1.165, 1.54) is 0 Å². The third kappa shape index (κ3) is 3.15. The molecule has 1 N–H and O–H groups in total. The number of nitrogens with one attached hydrogen (secondary N) is 1. The first-order valence-corrected chi connectivity index (χ1v) is 4.13. The van der Waals surface area contributed by atoms with Crippen molar-refractivity contribution in [3.05, 3.63) is 0 Å². The van der Waals surface area contributed by atoms with Crippen molar-refractivity contribution in [2.75, 3.05) is 0 Å². The number of thioether (sulfide) groups is 1. The molecule has 5 heteroatoms. The first kappa shape index (κ1) is 11.5. The van der Waals surface area contributed by atoms with Crippen LogP contribution in [0.3, 0.4) is 0 Å². The average molecular weight is 183 g/mol. The van der Waals surface area contributed by atoms with Gasteiger partial charge in [-0.1, -0.05) is 25.1 Å². The maximum atomic E-state index is 10.8. The zero-order chi connectivity index (χ0) is 7.56. The summed E-state index contributed by atoms with van der Waals surface area (Å²) in [6.07, 6.45) is 1.74. The summed E-state index contributed by atoms with van der Waals surface area (Å²) in [7, 11) is 0. The average Bonchev–Trinajstić information content (AvgIpc) is 2.13. The number of rotatable bonds is 2. The molecule has 1 fully saturated rings. The topological polar surface area (TPSA) is 46.2 Å². The molecule has 2 amide bonds. The fourth-order valence-corrected chi connectivity index (χ4v) is 1.78. The fraction of sp³-hybridized carbons (Fsp3) is 0.667. The van der Waals surface area contributed by atoms with E-state index in [2.05, 4.69) is 5.32 Å². The van der Waals surface area contributed by atoms with Crippen molar-refractivity contribution >= 4 is 22.9 Å². The molecular weight excluding hydrogens is 173 g/mol. The summed E-state index contributed by atoms with van der Waals surface area (Å²) in [6, 6.07) is 0.